The second-order valence-corrected chi connectivity index (χ2v) is 5.51. The third kappa shape index (κ3) is 4.46. The van der Waals surface area contributed by atoms with Crippen molar-refractivity contribution in [3.63, 3.8) is 0 Å². The van der Waals surface area contributed by atoms with Gasteiger partial charge in [0.05, 0.1) is 11.6 Å². The van der Waals surface area contributed by atoms with Gasteiger partial charge in [0.1, 0.15) is 11.4 Å². The normalized spacial score (nSPS) is 12.6. The molecule has 1 aromatic carbocycles. The number of carbonyl (C=O) groups is 2. The van der Waals surface area contributed by atoms with Crippen molar-refractivity contribution in [1.29, 1.82) is 0 Å². The molecule has 6 nitrogen and oxygen atoms in total. The maximum absolute atomic E-state index is 11.7. The number of primary amides is 1. The molecule has 1 aromatic rings. The number of carbonyl (C=O) groups excluding carboxylic acids is 2. The van der Waals surface area contributed by atoms with E-state index in [2.05, 4.69) is 5.32 Å². The Bertz CT molecular complexity index is 520. The zero-order valence-electron chi connectivity index (χ0n) is 12.1. The average Bonchev–Trinajstić information content (AvgIpc) is 2.26. The number of nitrogens with two attached hydrogens (primary N) is 1. The number of alkyl carbamates (subject to hydrolysis) is 1. The first-order chi connectivity index (χ1) is 9.10. The minimum atomic E-state index is -0.728. The van der Waals surface area contributed by atoms with Gasteiger partial charge in [-0.25, -0.2) is 4.79 Å². The summed E-state index contributed by atoms with van der Waals surface area (Å²) in [5.74, 6) is -0.917. The van der Waals surface area contributed by atoms with Gasteiger partial charge in [0.15, 0.2) is 0 Å². The van der Waals surface area contributed by atoms with E-state index in [-0.39, 0.29) is 17.4 Å². The summed E-state index contributed by atoms with van der Waals surface area (Å²) in [6.45, 7) is 7.04. The van der Waals surface area contributed by atoms with Crippen LogP contribution in [0.2, 0.25) is 0 Å². The topological polar surface area (TPSA) is 102 Å². The number of ether oxygens (including phenoxy) is 1. The Kier molecular flexibility index (Phi) is 4.60. The highest BCUT2D eigenvalue weighted by molar-refractivity contribution is 5.95. The second-order valence-electron chi connectivity index (χ2n) is 5.51. The minimum Gasteiger partial charge on any atom is -0.507 e. The zero-order valence-corrected chi connectivity index (χ0v) is 12.1. The number of benzene rings is 1. The molecule has 0 radical (unpaired) electrons. The third-order valence-electron chi connectivity index (χ3n) is 2.52. The van der Waals surface area contributed by atoms with Crippen LogP contribution < -0.4 is 11.1 Å². The van der Waals surface area contributed by atoms with E-state index in [1.165, 1.54) is 12.1 Å². The van der Waals surface area contributed by atoms with Crippen LogP contribution in [0.25, 0.3) is 0 Å². The molecule has 2 amide bonds. The fraction of sp³-hybridized carbons (Fsp3) is 0.429. The van der Waals surface area contributed by atoms with Crippen LogP contribution in [0.4, 0.5) is 4.79 Å². The molecule has 20 heavy (non-hydrogen) atoms. The van der Waals surface area contributed by atoms with Gasteiger partial charge < -0.3 is 20.9 Å². The van der Waals surface area contributed by atoms with Crippen molar-refractivity contribution in [3.05, 3.63) is 29.3 Å². The molecule has 0 aromatic heterocycles. The van der Waals surface area contributed by atoms with Crippen LogP contribution in [0.15, 0.2) is 18.2 Å². The monoisotopic (exact) mass is 280 g/mol. The number of aromatic hydroxyl groups is 1. The van der Waals surface area contributed by atoms with Crippen LogP contribution in [0.3, 0.4) is 0 Å². The van der Waals surface area contributed by atoms with Gasteiger partial charge in [-0.05, 0) is 45.4 Å². The summed E-state index contributed by atoms with van der Waals surface area (Å²) < 4.78 is 5.14. The number of nitrogens with one attached hydrogen (secondary N) is 1. The van der Waals surface area contributed by atoms with E-state index >= 15 is 0 Å². The number of phenols is 1. The Labute approximate surface area is 117 Å². The van der Waals surface area contributed by atoms with E-state index < -0.39 is 17.6 Å². The molecule has 4 N–H and O–H groups in total. The molecule has 0 aliphatic heterocycles. The largest absolute Gasteiger partial charge is 0.507 e. The van der Waals surface area contributed by atoms with Crippen LogP contribution in [0, 0.1) is 0 Å². The first-order valence-corrected chi connectivity index (χ1v) is 6.22. The van der Waals surface area contributed by atoms with Crippen molar-refractivity contribution in [2.45, 2.75) is 39.3 Å². The summed E-state index contributed by atoms with van der Waals surface area (Å²) in [5.41, 5.74) is 5.23. The van der Waals surface area contributed by atoms with Crippen molar-refractivity contribution in [2.75, 3.05) is 0 Å². The summed E-state index contributed by atoms with van der Waals surface area (Å²) in [6, 6.07) is 4.02. The Balaban J connectivity index is 2.83. The van der Waals surface area contributed by atoms with E-state index in [0.717, 1.165) is 0 Å². The first-order valence-electron chi connectivity index (χ1n) is 6.22. The van der Waals surface area contributed by atoms with Crippen LogP contribution in [-0.2, 0) is 4.74 Å². The van der Waals surface area contributed by atoms with E-state index in [9.17, 15) is 14.7 Å². The summed E-state index contributed by atoms with van der Waals surface area (Å²) >= 11 is 0. The van der Waals surface area contributed by atoms with Crippen LogP contribution >= 0.6 is 0 Å². The van der Waals surface area contributed by atoms with Gasteiger partial charge in [-0.1, -0.05) is 6.07 Å². The van der Waals surface area contributed by atoms with Crippen molar-refractivity contribution < 1.29 is 19.4 Å². The second kappa shape index (κ2) is 5.81. The smallest absolute Gasteiger partial charge is 0.408 e. The fourth-order valence-corrected chi connectivity index (χ4v) is 1.59. The number of hydrogen-bond acceptors (Lipinski definition) is 4. The van der Waals surface area contributed by atoms with Gasteiger partial charge in [0.2, 0.25) is 0 Å². The number of hydrogen-bond donors (Lipinski definition) is 3. The molecule has 0 saturated carbocycles. The highest BCUT2D eigenvalue weighted by atomic mass is 16.6. The summed E-state index contributed by atoms with van der Waals surface area (Å²) in [7, 11) is 0. The predicted octanol–water partition coefficient (Wildman–Crippen LogP) is 2.08. The van der Waals surface area contributed by atoms with Gasteiger partial charge in [-0.3, -0.25) is 4.79 Å². The van der Waals surface area contributed by atoms with E-state index in [1.54, 1.807) is 33.8 Å². The quantitative estimate of drug-likeness (QED) is 0.788. The molecule has 110 valence electrons. The molecule has 0 aliphatic rings. The summed E-state index contributed by atoms with van der Waals surface area (Å²) in [5, 5.41) is 12.2. The van der Waals surface area contributed by atoms with E-state index in [1.807, 2.05) is 0 Å². The van der Waals surface area contributed by atoms with Crippen LogP contribution in [0.5, 0.6) is 5.75 Å². The number of amides is 2. The Morgan fingerprint density at radius 1 is 1.35 bits per heavy atom. The lowest BCUT2D eigenvalue weighted by Gasteiger charge is -2.22. The highest BCUT2D eigenvalue weighted by Gasteiger charge is 2.19. The SMILES string of the molecule is CC(NC(=O)OC(C)(C)C)c1ccc(O)c(C(N)=O)c1. The highest BCUT2D eigenvalue weighted by Crippen LogP contribution is 2.22. The first kappa shape index (κ1) is 15.8. The predicted molar refractivity (Wildman–Crippen MR) is 74.4 cm³/mol. The third-order valence-corrected chi connectivity index (χ3v) is 2.52. The molecular formula is C14H20N2O4. The molecule has 0 spiro atoms. The maximum atomic E-state index is 11.7. The summed E-state index contributed by atoms with van der Waals surface area (Å²) in [6.07, 6.45) is -0.557. The maximum Gasteiger partial charge on any atom is 0.408 e. The van der Waals surface area contributed by atoms with Crippen molar-refractivity contribution >= 4 is 12.0 Å². The molecule has 0 bridgehead atoms. The van der Waals surface area contributed by atoms with Gasteiger partial charge in [-0.15, -0.1) is 0 Å². The molecule has 0 heterocycles. The number of rotatable bonds is 3. The van der Waals surface area contributed by atoms with Crippen LogP contribution in [0.1, 0.15) is 49.7 Å². The van der Waals surface area contributed by atoms with Gasteiger partial charge in [0, 0.05) is 0 Å². The van der Waals surface area contributed by atoms with E-state index in [4.69, 9.17) is 10.5 Å². The molecular weight excluding hydrogens is 260 g/mol. The molecule has 6 heteroatoms. The average molecular weight is 280 g/mol. The standard InChI is InChI=1S/C14H20N2O4/c1-8(16-13(19)20-14(2,3)4)9-5-6-11(17)10(7-9)12(15)18/h5-8,17H,1-4H3,(H2,15,18)(H,16,19). The van der Waals surface area contributed by atoms with Crippen molar-refractivity contribution in [1.82, 2.24) is 5.32 Å². The Morgan fingerprint density at radius 3 is 2.45 bits per heavy atom. The van der Waals surface area contributed by atoms with Gasteiger partial charge in [-0.2, -0.15) is 0 Å². The van der Waals surface area contributed by atoms with Crippen molar-refractivity contribution in [3.8, 4) is 5.75 Å². The van der Waals surface area contributed by atoms with Gasteiger partial charge >= 0.3 is 6.09 Å². The molecule has 1 atom stereocenters. The lowest BCUT2D eigenvalue weighted by Crippen LogP contribution is -2.34. The lowest BCUT2D eigenvalue weighted by atomic mass is 10.0. The Hall–Kier alpha value is -2.24. The lowest BCUT2D eigenvalue weighted by molar-refractivity contribution is 0.0508. The van der Waals surface area contributed by atoms with E-state index in [0.29, 0.717) is 5.56 Å². The van der Waals surface area contributed by atoms with Crippen LogP contribution in [-0.4, -0.2) is 22.7 Å². The minimum absolute atomic E-state index is 0.0142. The summed E-state index contributed by atoms with van der Waals surface area (Å²) in [4.78, 5) is 22.8. The Morgan fingerprint density at radius 2 is 1.95 bits per heavy atom. The molecule has 0 fully saturated rings. The molecule has 0 aliphatic carbocycles. The molecule has 1 rings (SSSR count). The van der Waals surface area contributed by atoms with Gasteiger partial charge in [0.25, 0.3) is 5.91 Å². The van der Waals surface area contributed by atoms with Crippen molar-refractivity contribution in [2.24, 2.45) is 5.73 Å². The fourth-order valence-electron chi connectivity index (χ4n) is 1.59. The molecule has 0 saturated heterocycles. The zero-order chi connectivity index (χ0) is 15.5. The molecule has 1 unspecified atom stereocenters.